The Morgan fingerprint density at radius 1 is 1.14 bits per heavy atom. The van der Waals surface area contributed by atoms with Crippen molar-refractivity contribution < 1.29 is 9.90 Å². The molecular formula is C18H16N2O2. The van der Waals surface area contributed by atoms with Gasteiger partial charge in [0.05, 0.1) is 0 Å². The van der Waals surface area contributed by atoms with E-state index in [1.165, 1.54) is 0 Å². The molecule has 3 aromatic rings. The molecule has 110 valence electrons. The summed E-state index contributed by atoms with van der Waals surface area (Å²) in [5.41, 5.74) is 2.60. The molecule has 0 saturated carbocycles. The number of aromatic nitrogens is 1. The number of phenolic OH excluding ortho intramolecular Hbond substituents is 1. The maximum Gasteiger partial charge on any atom is 0.274 e. The Hall–Kier alpha value is -2.88. The molecule has 0 radical (unpaired) electrons. The monoisotopic (exact) mass is 292 g/mol. The molecule has 0 aliphatic rings. The summed E-state index contributed by atoms with van der Waals surface area (Å²) >= 11 is 0. The third kappa shape index (κ3) is 2.76. The lowest BCUT2D eigenvalue weighted by molar-refractivity contribution is 0.102. The van der Waals surface area contributed by atoms with Crippen LogP contribution in [0.25, 0.3) is 10.9 Å². The van der Waals surface area contributed by atoms with Crippen molar-refractivity contribution in [2.45, 2.75) is 13.3 Å². The number of carbonyl (C=O) groups excluding carboxylic acids is 1. The van der Waals surface area contributed by atoms with Crippen molar-refractivity contribution in [2.75, 3.05) is 5.32 Å². The lowest BCUT2D eigenvalue weighted by Gasteiger charge is -2.07. The van der Waals surface area contributed by atoms with Crippen molar-refractivity contribution in [1.29, 1.82) is 0 Å². The third-order valence-corrected chi connectivity index (χ3v) is 3.52. The van der Waals surface area contributed by atoms with Crippen molar-refractivity contribution in [3.05, 3.63) is 65.9 Å². The van der Waals surface area contributed by atoms with Crippen molar-refractivity contribution in [2.24, 2.45) is 0 Å². The molecule has 0 saturated heterocycles. The molecule has 2 aromatic carbocycles. The number of pyridine rings is 1. The summed E-state index contributed by atoms with van der Waals surface area (Å²) in [4.78, 5) is 16.6. The van der Waals surface area contributed by atoms with Gasteiger partial charge in [0, 0.05) is 11.1 Å². The Balaban J connectivity index is 1.90. The molecule has 0 aliphatic carbocycles. The topological polar surface area (TPSA) is 62.2 Å². The molecule has 0 spiro atoms. The highest BCUT2D eigenvalue weighted by Crippen LogP contribution is 2.22. The predicted octanol–water partition coefficient (Wildman–Crippen LogP) is 3.76. The Morgan fingerprint density at radius 3 is 2.77 bits per heavy atom. The van der Waals surface area contributed by atoms with Crippen LogP contribution in [0, 0.1) is 0 Å². The number of hydrogen-bond donors (Lipinski definition) is 2. The summed E-state index contributed by atoms with van der Waals surface area (Å²) < 4.78 is 0. The van der Waals surface area contributed by atoms with Crippen molar-refractivity contribution >= 4 is 22.5 Å². The number of aromatic hydroxyl groups is 1. The Morgan fingerprint density at radius 2 is 1.95 bits per heavy atom. The van der Waals surface area contributed by atoms with Gasteiger partial charge < -0.3 is 10.4 Å². The summed E-state index contributed by atoms with van der Waals surface area (Å²) in [5.74, 6) is -0.224. The number of amides is 1. The van der Waals surface area contributed by atoms with E-state index in [0.29, 0.717) is 5.52 Å². The van der Waals surface area contributed by atoms with E-state index in [-0.39, 0.29) is 17.4 Å². The van der Waals surface area contributed by atoms with E-state index in [9.17, 15) is 9.90 Å². The van der Waals surface area contributed by atoms with Crippen LogP contribution in [-0.2, 0) is 6.42 Å². The second-order valence-corrected chi connectivity index (χ2v) is 5.05. The molecule has 0 atom stereocenters. The quantitative estimate of drug-likeness (QED) is 0.772. The molecule has 1 heterocycles. The number of nitrogens with zero attached hydrogens (tertiary/aromatic N) is 1. The molecule has 4 heteroatoms. The maximum atomic E-state index is 12.3. The van der Waals surface area contributed by atoms with E-state index in [1.54, 1.807) is 24.3 Å². The third-order valence-electron chi connectivity index (χ3n) is 3.52. The molecular weight excluding hydrogens is 276 g/mol. The van der Waals surface area contributed by atoms with Gasteiger partial charge in [-0.15, -0.1) is 0 Å². The lowest BCUT2D eigenvalue weighted by Crippen LogP contribution is -2.13. The van der Waals surface area contributed by atoms with E-state index in [2.05, 4.69) is 17.2 Å². The number of fused-ring (bicyclic) bond motifs is 1. The summed E-state index contributed by atoms with van der Waals surface area (Å²) in [5, 5.41) is 13.5. The first kappa shape index (κ1) is 14.1. The second kappa shape index (κ2) is 5.85. The van der Waals surface area contributed by atoms with Crippen LogP contribution in [0.1, 0.15) is 23.0 Å². The van der Waals surface area contributed by atoms with E-state index < -0.39 is 0 Å². The van der Waals surface area contributed by atoms with Crippen LogP contribution in [0.4, 0.5) is 5.69 Å². The molecule has 0 bridgehead atoms. The van der Waals surface area contributed by atoms with E-state index in [1.807, 2.05) is 30.3 Å². The smallest absolute Gasteiger partial charge is 0.274 e. The molecule has 0 aliphatic heterocycles. The van der Waals surface area contributed by atoms with Crippen LogP contribution in [0.15, 0.2) is 54.6 Å². The van der Waals surface area contributed by atoms with Crippen LogP contribution in [0.2, 0.25) is 0 Å². The number of hydrogen-bond acceptors (Lipinski definition) is 3. The summed E-state index contributed by atoms with van der Waals surface area (Å²) in [7, 11) is 0. The number of nitrogens with one attached hydrogen (secondary N) is 1. The first-order valence-corrected chi connectivity index (χ1v) is 7.16. The zero-order chi connectivity index (χ0) is 15.5. The van der Waals surface area contributed by atoms with Gasteiger partial charge in [0.15, 0.2) is 0 Å². The maximum absolute atomic E-state index is 12.3. The number of rotatable bonds is 3. The van der Waals surface area contributed by atoms with Crippen molar-refractivity contribution in [1.82, 2.24) is 4.98 Å². The van der Waals surface area contributed by atoms with Gasteiger partial charge in [0.25, 0.3) is 5.91 Å². The van der Waals surface area contributed by atoms with Gasteiger partial charge in [-0.3, -0.25) is 4.79 Å². The highest BCUT2D eigenvalue weighted by Gasteiger charge is 2.10. The zero-order valence-electron chi connectivity index (χ0n) is 12.2. The summed E-state index contributed by atoms with van der Waals surface area (Å²) in [6, 6.07) is 16.3. The average Bonchev–Trinajstić information content (AvgIpc) is 2.55. The van der Waals surface area contributed by atoms with Gasteiger partial charge >= 0.3 is 0 Å². The van der Waals surface area contributed by atoms with Gasteiger partial charge in [-0.1, -0.05) is 37.3 Å². The fourth-order valence-corrected chi connectivity index (χ4v) is 2.32. The van der Waals surface area contributed by atoms with Gasteiger partial charge in [-0.05, 0) is 36.2 Å². The Bertz CT molecular complexity index is 843. The lowest BCUT2D eigenvalue weighted by atomic mass is 10.1. The fraction of sp³-hybridized carbons (Fsp3) is 0.111. The Labute approximate surface area is 128 Å². The first-order valence-electron chi connectivity index (χ1n) is 7.16. The second-order valence-electron chi connectivity index (χ2n) is 5.05. The first-order chi connectivity index (χ1) is 10.7. The molecule has 0 unspecified atom stereocenters. The standard InChI is InChI=1S/C18H16N2O2/c1-2-12-5-3-7-14(11-12)19-18(22)15-10-9-13-6-4-8-16(21)17(13)20-15/h3-11,21H,2H2,1H3,(H,19,22). The summed E-state index contributed by atoms with van der Waals surface area (Å²) in [6.45, 7) is 2.06. The SMILES string of the molecule is CCc1cccc(NC(=O)c2ccc3cccc(O)c3n2)c1. The molecule has 3 rings (SSSR count). The van der Waals surface area contributed by atoms with Crippen LogP contribution in [-0.4, -0.2) is 16.0 Å². The molecule has 4 nitrogen and oxygen atoms in total. The number of para-hydroxylation sites is 1. The fourth-order valence-electron chi connectivity index (χ4n) is 2.32. The Kier molecular flexibility index (Phi) is 3.74. The molecule has 1 aromatic heterocycles. The number of carbonyl (C=O) groups is 1. The van der Waals surface area contributed by atoms with E-state index in [4.69, 9.17) is 0 Å². The van der Waals surface area contributed by atoms with Crippen LogP contribution >= 0.6 is 0 Å². The van der Waals surface area contributed by atoms with Crippen molar-refractivity contribution in [3.8, 4) is 5.75 Å². The number of benzene rings is 2. The van der Waals surface area contributed by atoms with Gasteiger partial charge in [0.2, 0.25) is 0 Å². The highest BCUT2D eigenvalue weighted by molar-refractivity contribution is 6.04. The molecule has 0 fully saturated rings. The van der Waals surface area contributed by atoms with E-state index >= 15 is 0 Å². The number of anilines is 1. The zero-order valence-corrected chi connectivity index (χ0v) is 12.2. The average molecular weight is 292 g/mol. The predicted molar refractivity (Wildman–Crippen MR) is 87.2 cm³/mol. The van der Waals surface area contributed by atoms with Gasteiger partial charge in [0.1, 0.15) is 17.0 Å². The minimum Gasteiger partial charge on any atom is -0.506 e. The highest BCUT2D eigenvalue weighted by atomic mass is 16.3. The van der Waals surface area contributed by atoms with Crippen LogP contribution < -0.4 is 5.32 Å². The summed E-state index contributed by atoms with van der Waals surface area (Å²) in [6.07, 6.45) is 0.909. The minimum absolute atomic E-state index is 0.0696. The van der Waals surface area contributed by atoms with Crippen molar-refractivity contribution in [3.63, 3.8) is 0 Å². The minimum atomic E-state index is -0.293. The number of phenols is 1. The van der Waals surface area contributed by atoms with Crippen LogP contribution in [0.5, 0.6) is 5.75 Å². The van der Waals surface area contributed by atoms with Crippen LogP contribution in [0.3, 0.4) is 0 Å². The van der Waals surface area contributed by atoms with Gasteiger partial charge in [-0.2, -0.15) is 0 Å². The molecule has 1 amide bonds. The van der Waals surface area contributed by atoms with Gasteiger partial charge in [-0.25, -0.2) is 4.98 Å². The number of aryl methyl sites for hydroxylation is 1. The molecule has 22 heavy (non-hydrogen) atoms. The van der Waals surface area contributed by atoms with E-state index in [0.717, 1.165) is 23.1 Å². The largest absolute Gasteiger partial charge is 0.506 e. The normalized spacial score (nSPS) is 10.6. The molecule has 2 N–H and O–H groups in total.